The SMILES string of the molecule is COc1ccc(C(O)=C2C(=O)C(=O)N(CCCN3CCOCC3)[C@@H]2c2ccccc2OC)cc1. The molecule has 0 spiro atoms. The lowest BCUT2D eigenvalue weighted by atomic mass is 9.94. The first-order valence-corrected chi connectivity index (χ1v) is 11.4. The van der Waals surface area contributed by atoms with Crippen LogP contribution >= 0.6 is 0 Å². The van der Waals surface area contributed by atoms with Crippen molar-refractivity contribution in [1.29, 1.82) is 0 Å². The molecule has 2 aliphatic rings. The molecule has 180 valence electrons. The highest BCUT2D eigenvalue weighted by Gasteiger charge is 2.46. The summed E-state index contributed by atoms with van der Waals surface area (Å²) in [5, 5.41) is 11.2. The maximum Gasteiger partial charge on any atom is 0.295 e. The van der Waals surface area contributed by atoms with E-state index in [9.17, 15) is 14.7 Å². The highest BCUT2D eigenvalue weighted by molar-refractivity contribution is 6.46. The van der Waals surface area contributed by atoms with Crippen LogP contribution in [0, 0.1) is 0 Å². The zero-order valence-corrected chi connectivity index (χ0v) is 19.5. The standard InChI is InChI=1S/C26H30N2O6/c1-32-19-10-8-18(9-11-19)24(29)22-23(20-6-3-4-7-21(20)33-2)28(26(31)25(22)30)13-5-12-27-14-16-34-17-15-27/h3-4,6-11,23,29H,5,12-17H2,1-2H3/t23-/m1/s1. The number of likely N-dealkylation sites (tertiary alicyclic amines) is 1. The summed E-state index contributed by atoms with van der Waals surface area (Å²) in [6, 6.07) is 13.3. The average molecular weight is 467 g/mol. The van der Waals surface area contributed by atoms with Crippen molar-refractivity contribution in [1.82, 2.24) is 9.80 Å². The molecule has 2 aliphatic heterocycles. The van der Waals surface area contributed by atoms with Crippen molar-refractivity contribution in [2.45, 2.75) is 12.5 Å². The molecule has 0 radical (unpaired) electrons. The van der Waals surface area contributed by atoms with Crippen molar-refractivity contribution < 1.29 is 28.9 Å². The molecule has 8 nitrogen and oxygen atoms in total. The third kappa shape index (κ3) is 4.78. The minimum atomic E-state index is -0.747. The van der Waals surface area contributed by atoms with Gasteiger partial charge in [-0.25, -0.2) is 0 Å². The number of ketones is 1. The number of aliphatic hydroxyl groups excluding tert-OH is 1. The van der Waals surface area contributed by atoms with Gasteiger partial charge in [-0.15, -0.1) is 0 Å². The van der Waals surface area contributed by atoms with Crippen molar-refractivity contribution in [3.8, 4) is 11.5 Å². The summed E-state index contributed by atoms with van der Waals surface area (Å²) in [7, 11) is 3.10. The Kier molecular flexibility index (Phi) is 7.49. The first-order chi connectivity index (χ1) is 16.5. The van der Waals surface area contributed by atoms with Crippen molar-refractivity contribution in [2.75, 3.05) is 53.6 Å². The van der Waals surface area contributed by atoms with Crippen LogP contribution in [0.2, 0.25) is 0 Å². The number of Topliss-reactive ketones (excluding diaryl/α,β-unsaturated/α-hetero) is 1. The minimum Gasteiger partial charge on any atom is -0.507 e. The molecule has 1 atom stereocenters. The Morgan fingerprint density at radius 1 is 1.00 bits per heavy atom. The van der Waals surface area contributed by atoms with Gasteiger partial charge in [0.25, 0.3) is 11.7 Å². The number of ether oxygens (including phenoxy) is 3. The quantitative estimate of drug-likeness (QED) is 0.364. The van der Waals surface area contributed by atoms with Gasteiger partial charge in [0.15, 0.2) is 0 Å². The average Bonchev–Trinajstić information content (AvgIpc) is 3.13. The summed E-state index contributed by atoms with van der Waals surface area (Å²) >= 11 is 0. The topological polar surface area (TPSA) is 88.5 Å². The minimum absolute atomic E-state index is 0.0611. The maximum absolute atomic E-state index is 13.2. The monoisotopic (exact) mass is 466 g/mol. The Balaban J connectivity index is 1.70. The Labute approximate surface area is 199 Å². The number of amides is 1. The molecule has 2 aromatic rings. The van der Waals surface area contributed by atoms with E-state index in [-0.39, 0.29) is 11.3 Å². The normalized spacial score (nSPS) is 20.5. The highest BCUT2D eigenvalue weighted by Crippen LogP contribution is 2.42. The molecule has 4 rings (SSSR count). The molecule has 2 heterocycles. The fourth-order valence-electron chi connectivity index (χ4n) is 4.52. The van der Waals surface area contributed by atoms with Gasteiger partial charge >= 0.3 is 0 Å². The molecule has 0 unspecified atom stereocenters. The highest BCUT2D eigenvalue weighted by atomic mass is 16.5. The molecule has 0 aliphatic carbocycles. The van der Waals surface area contributed by atoms with Gasteiger partial charge in [-0.3, -0.25) is 14.5 Å². The number of benzene rings is 2. The van der Waals surface area contributed by atoms with E-state index >= 15 is 0 Å². The molecular weight excluding hydrogens is 436 g/mol. The Morgan fingerprint density at radius 3 is 2.38 bits per heavy atom. The Hall–Kier alpha value is -3.36. The maximum atomic E-state index is 13.2. The molecule has 2 fully saturated rings. The number of hydrogen-bond donors (Lipinski definition) is 1. The van der Waals surface area contributed by atoms with Gasteiger partial charge in [0.2, 0.25) is 0 Å². The van der Waals surface area contributed by atoms with Gasteiger partial charge in [0, 0.05) is 37.3 Å². The van der Waals surface area contributed by atoms with Gasteiger partial charge < -0.3 is 24.2 Å². The first-order valence-electron chi connectivity index (χ1n) is 11.4. The summed E-state index contributed by atoms with van der Waals surface area (Å²) in [6.45, 7) is 4.28. The third-order valence-corrected chi connectivity index (χ3v) is 6.31. The zero-order valence-electron chi connectivity index (χ0n) is 19.5. The largest absolute Gasteiger partial charge is 0.507 e. The number of morpholine rings is 1. The summed E-state index contributed by atoms with van der Waals surface area (Å²) in [6.07, 6.45) is 0.696. The number of carbonyl (C=O) groups is 2. The predicted molar refractivity (Wildman–Crippen MR) is 127 cm³/mol. The number of rotatable bonds is 8. The number of hydrogen-bond acceptors (Lipinski definition) is 7. The molecule has 0 saturated carbocycles. The van der Waals surface area contributed by atoms with Gasteiger partial charge in [-0.05, 0) is 36.8 Å². The van der Waals surface area contributed by atoms with Crippen molar-refractivity contribution >= 4 is 17.4 Å². The summed E-state index contributed by atoms with van der Waals surface area (Å²) in [5.74, 6) is -0.356. The van der Waals surface area contributed by atoms with Crippen LogP contribution in [-0.2, 0) is 14.3 Å². The van der Waals surface area contributed by atoms with E-state index in [1.807, 2.05) is 18.2 Å². The van der Waals surface area contributed by atoms with Crippen molar-refractivity contribution in [3.63, 3.8) is 0 Å². The zero-order chi connectivity index (χ0) is 24.1. The van der Waals surface area contributed by atoms with Crippen LogP contribution in [0.1, 0.15) is 23.6 Å². The Morgan fingerprint density at radius 2 is 1.71 bits per heavy atom. The molecule has 2 aromatic carbocycles. The molecule has 0 aromatic heterocycles. The van der Waals surface area contributed by atoms with Crippen molar-refractivity contribution in [3.05, 3.63) is 65.2 Å². The second-order valence-corrected chi connectivity index (χ2v) is 8.27. The second-order valence-electron chi connectivity index (χ2n) is 8.27. The molecule has 8 heteroatoms. The van der Waals surface area contributed by atoms with Gasteiger partial charge in [0.05, 0.1) is 39.0 Å². The van der Waals surface area contributed by atoms with Crippen LogP contribution in [0.4, 0.5) is 0 Å². The second kappa shape index (κ2) is 10.7. The van der Waals surface area contributed by atoms with Gasteiger partial charge in [-0.2, -0.15) is 0 Å². The van der Waals surface area contributed by atoms with Crippen LogP contribution in [0.5, 0.6) is 11.5 Å². The number of aliphatic hydroxyl groups is 1. The lowest BCUT2D eigenvalue weighted by Crippen LogP contribution is -2.39. The summed E-state index contributed by atoms with van der Waals surface area (Å²) in [5.41, 5.74) is 1.16. The van der Waals surface area contributed by atoms with E-state index in [4.69, 9.17) is 14.2 Å². The summed E-state index contributed by atoms with van der Waals surface area (Å²) < 4.78 is 16.1. The van der Waals surface area contributed by atoms with E-state index in [0.29, 0.717) is 48.8 Å². The fourth-order valence-corrected chi connectivity index (χ4v) is 4.52. The molecular formula is C26H30N2O6. The fraction of sp³-hybridized carbons (Fsp3) is 0.385. The van der Waals surface area contributed by atoms with Crippen LogP contribution < -0.4 is 9.47 Å². The molecule has 1 amide bonds. The van der Waals surface area contributed by atoms with Gasteiger partial charge in [0.1, 0.15) is 17.3 Å². The third-order valence-electron chi connectivity index (χ3n) is 6.31. The van der Waals surface area contributed by atoms with Crippen molar-refractivity contribution in [2.24, 2.45) is 0 Å². The summed E-state index contributed by atoms with van der Waals surface area (Å²) in [4.78, 5) is 30.2. The number of methoxy groups -OCH3 is 2. The first kappa shape index (κ1) is 23.8. The number of carbonyl (C=O) groups excluding carboxylic acids is 2. The molecule has 2 saturated heterocycles. The van der Waals surface area contributed by atoms with E-state index in [1.54, 1.807) is 49.5 Å². The Bertz CT molecular complexity index is 1060. The predicted octanol–water partition coefficient (Wildman–Crippen LogP) is 2.85. The van der Waals surface area contributed by atoms with Gasteiger partial charge in [-0.1, -0.05) is 18.2 Å². The lowest BCUT2D eigenvalue weighted by Gasteiger charge is -2.29. The van der Waals surface area contributed by atoms with Crippen LogP contribution in [0.25, 0.3) is 5.76 Å². The van der Waals surface area contributed by atoms with Crippen LogP contribution in [0.15, 0.2) is 54.1 Å². The number of para-hydroxylation sites is 1. The van der Waals surface area contributed by atoms with E-state index in [1.165, 1.54) is 0 Å². The van der Waals surface area contributed by atoms with Crippen LogP contribution in [-0.4, -0.2) is 80.2 Å². The smallest absolute Gasteiger partial charge is 0.295 e. The van der Waals surface area contributed by atoms with Crippen LogP contribution in [0.3, 0.4) is 0 Å². The molecule has 34 heavy (non-hydrogen) atoms. The van der Waals surface area contributed by atoms with E-state index in [0.717, 1.165) is 19.6 Å². The molecule has 1 N–H and O–H groups in total. The lowest BCUT2D eigenvalue weighted by molar-refractivity contribution is -0.140. The van der Waals surface area contributed by atoms with E-state index < -0.39 is 17.7 Å². The number of nitrogens with zero attached hydrogens (tertiary/aromatic N) is 2. The molecule has 0 bridgehead atoms. The van der Waals surface area contributed by atoms with E-state index in [2.05, 4.69) is 4.90 Å².